The smallest absolute Gasteiger partial charge is 0.200 e. The first kappa shape index (κ1) is 66.5. The van der Waals surface area contributed by atoms with Crippen LogP contribution in [0.15, 0.2) is 254 Å². The molecule has 0 saturated heterocycles. The number of rotatable bonds is 8. The van der Waals surface area contributed by atoms with Crippen molar-refractivity contribution in [3.05, 3.63) is 309 Å². The predicted molar refractivity (Wildman–Crippen MR) is 404 cm³/mol. The van der Waals surface area contributed by atoms with Gasteiger partial charge in [-0.05, 0) is 192 Å². The first-order valence-electron chi connectivity index (χ1n) is 32.3. The summed E-state index contributed by atoms with van der Waals surface area (Å²) in [5.74, 6) is -0.787. The topological polar surface area (TPSA) is 15.5 Å². The third-order valence-corrected chi connectivity index (χ3v) is 21.9. The summed E-state index contributed by atoms with van der Waals surface area (Å²) in [6.45, 7) is 12.3. The molecule has 484 valence electrons. The van der Waals surface area contributed by atoms with Gasteiger partial charge in [-0.3, -0.25) is 0 Å². The summed E-state index contributed by atoms with van der Waals surface area (Å²) in [5, 5.41) is 9.04. The highest BCUT2D eigenvalue weighted by atomic mass is 32.1. The zero-order valence-corrected chi connectivity index (χ0v) is 59.4. The molecule has 8 heterocycles. The number of pyridine rings is 4. The van der Waals surface area contributed by atoms with E-state index in [1.54, 1.807) is 69.6 Å². The zero-order valence-electron chi connectivity index (χ0n) is 56.2. The first-order chi connectivity index (χ1) is 47.3. The van der Waals surface area contributed by atoms with Gasteiger partial charge in [0.05, 0.1) is 33.4 Å². The van der Waals surface area contributed by atoms with Gasteiger partial charge in [-0.15, -0.1) is 45.3 Å². The molecular formula is C86H72F4N4S4+4. The van der Waals surface area contributed by atoms with Crippen molar-refractivity contribution in [1.29, 1.82) is 0 Å². The van der Waals surface area contributed by atoms with Crippen LogP contribution in [0.5, 0.6) is 0 Å². The van der Waals surface area contributed by atoms with Gasteiger partial charge in [-0.1, -0.05) is 133 Å². The van der Waals surface area contributed by atoms with Crippen LogP contribution < -0.4 is 18.3 Å². The van der Waals surface area contributed by atoms with E-state index >= 15 is 4.39 Å². The molecule has 12 heteroatoms. The molecule has 0 N–H and O–H groups in total. The maximum absolute atomic E-state index is 15.1. The van der Waals surface area contributed by atoms with Gasteiger partial charge in [0.25, 0.3) is 0 Å². The highest BCUT2D eigenvalue weighted by Crippen LogP contribution is 2.39. The number of aryl methyl sites for hydroxylation is 10. The second kappa shape index (κ2) is 28.5. The van der Waals surface area contributed by atoms with E-state index in [1.165, 1.54) is 50.1 Å². The molecule has 4 nitrogen and oxygen atoms in total. The van der Waals surface area contributed by atoms with E-state index < -0.39 is 0 Å². The molecule has 0 radical (unpaired) electrons. The minimum atomic E-state index is -0.199. The zero-order chi connectivity index (χ0) is 68.5. The van der Waals surface area contributed by atoms with Crippen molar-refractivity contribution in [2.45, 2.75) is 41.5 Å². The Morgan fingerprint density at radius 1 is 0.265 bits per heavy atom. The van der Waals surface area contributed by atoms with Gasteiger partial charge >= 0.3 is 0 Å². The first-order valence-corrected chi connectivity index (χ1v) is 35.7. The molecule has 0 spiro atoms. The van der Waals surface area contributed by atoms with Gasteiger partial charge in [-0.2, -0.15) is 35.8 Å². The summed E-state index contributed by atoms with van der Waals surface area (Å²) in [5.41, 5.74) is 18.3. The maximum atomic E-state index is 15.1. The third kappa shape index (κ3) is 13.8. The van der Waals surface area contributed by atoms with Crippen LogP contribution in [0, 0.1) is 64.8 Å². The summed E-state index contributed by atoms with van der Waals surface area (Å²) in [6.07, 6.45) is 8.04. The molecule has 0 saturated carbocycles. The molecule has 0 amide bonds. The lowest BCUT2D eigenvalue weighted by atomic mass is 10.0. The molecular weight excluding hydrogens is 1290 g/mol. The quantitative estimate of drug-likeness (QED) is 0.106. The lowest BCUT2D eigenvalue weighted by Gasteiger charge is -2.08. The van der Waals surface area contributed by atoms with Crippen LogP contribution in [0.25, 0.3) is 130 Å². The maximum Gasteiger partial charge on any atom is 0.248 e. The predicted octanol–water partition coefficient (Wildman–Crippen LogP) is 22.6. The molecule has 0 bridgehead atoms. The Labute approximate surface area is 585 Å². The van der Waals surface area contributed by atoms with Crippen molar-refractivity contribution in [1.82, 2.24) is 0 Å². The minimum absolute atomic E-state index is 0.195. The Morgan fingerprint density at radius 3 is 1.08 bits per heavy atom. The molecule has 0 atom stereocenters. The number of nitrogens with zero attached hydrogens (tertiary/aromatic N) is 4. The van der Waals surface area contributed by atoms with Crippen molar-refractivity contribution >= 4 is 85.7 Å². The van der Waals surface area contributed by atoms with Crippen molar-refractivity contribution in [3.8, 4) is 89.5 Å². The van der Waals surface area contributed by atoms with Gasteiger partial charge in [0, 0.05) is 50.8 Å². The molecule has 8 aromatic carbocycles. The van der Waals surface area contributed by atoms with Crippen LogP contribution in [0.4, 0.5) is 17.6 Å². The molecule has 0 unspecified atom stereocenters. The van der Waals surface area contributed by atoms with E-state index in [0.29, 0.717) is 22.8 Å². The number of hydrogen-bond donors (Lipinski definition) is 0. The monoisotopic (exact) mass is 1360 g/mol. The van der Waals surface area contributed by atoms with E-state index in [0.717, 1.165) is 89.0 Å². The van der Waals surface area contributed by atoms with E-state index in [2.05, 4.69) is 110 Å². The van der Waals surface area contributed by atoms with Crippen molar-refractivity contribution in [2.24, 2.45) is 28.2 Å². The third-order valence-electron chi connectivity index (χ3n) is 17.9. The fraction of sp³-hybridized carbons (Fsp3) is 0.116. The SMILES string of the molecule is Cc1cc2ccc(-c3cc(F)c(-c4ccccc4C)[n+](C)c3)cc2s1.Cc1cc2cccc(-c3cc(F)c(-c4ccccc4C)[n+](C)c3)c2s1.Cc1ccccc1-c1c(F)cc(-c2ccc3ccsc3c2)c[n+]1C.Cc1ccccc1-c1c(F)cc(-c2cccc3ccsc23)c[n+]1C. The molecule has 16 aromatic rings. The second-order valence-electron chi connectivity index (χ2n) is 24.9. The standard InChI is InChI=1S/2C22H19FNS.2C21H17FNS/c1-14-7-4-5-9-18(14)21-20(23)12-17(13-24(21)3)19-10-6-8-16-11-15(2)25-22(16)19;1-14-6-4-5-7-19(14)22-20(23)11-18(13-24(22)3)16-8-9-17-10-15(2)25-21(17)12-16;1-14-6-3-4-8-17(14)20-19(22)12-16(13-23(20)2)18-9-5-7-15-10-11-24-21(15)18;1-14-5-3-4-6-18(14)21-19(22)11-17(13-23(21)2)16-8-7-15-9-10-24-20(15)12-16/h2*4-13H,1-3H3;2*3-13H,1-2H3/q4*+1. The molecule has 0 aliphatic carbocycles. The van der Waals surface area contributed by atoms with Crippen molar-refractivity contribution in [2.75, 3.05) is 0 Å². The largest absolute Gasteiger partial charge is 0.248 e. The number of thiophene rings is 4. The minimum Gasteiger partial charge on any atom is -0.200 e. The summed E-state index contributed by atoms with van der Waals surface area (Å²) in [4.78, 5) is 2.56. The van der Waals surface area contributed by atoms with Gasteiger partial charge in [0.2, 0.25) is 22.8 Å². The van der Waals surface area contributed by atoms with E-state index in [1.807, 2.05) is 208 Å². The highest BCUT2D eigenvalue weighted by Gasteiger charge is 2.26. The molecule has 0 aliphatic rings. The van der Waals surface area contributed by atoms with Crippen molar-refractivity contribution < 1.29 is 35.8 Å². The average Bonchev–Trinajstić information content (AvgIpc) is 1.36. The summed E-state index contributed by atoms with van der Waals surface area (Å²) < 4.78 is 72.3. The number of hydrogen-bond acceptors (Lipinski definition) is 4. The highest BCUT2D eigenvalue weighted by molar-refractivity contribution is 7.20. The Hall–Kier alpha value is -10.1. The summed E-state index contributed by atoms with van der Waals surface area (Å²) >= 11 is 6.93. The van der Waals surface area contributed by atoms with Gasteiger partial charge in [0.15, 0.2) is 48.1 Å². The van der Waals surface area contributed by atoms with Gasteiger partial charge in [-0.25, -0.2) is 0 Å². The fourth-order valence-electron chi connectivity index (χ4n) is 13.1. The van der Waals surface area contributed by atoms with Crippen LogP contribution in [0.3, 0.4) is 0 Å². The van der Waals surface area contributed by atoms with Crippen molar-refractivity contribution in [3.63, 3.8) is 0 Å². The van der Waals surface area contributed by atoms with Crippen LogP contribution in [-0.2, 0) is 28.2 Å². The number of aromatic nitrogens is 4. The molecule has 98 heavy (non-hydrogen) atoms. The van der Waals surface area contributed by atoms with Crippen LogP contribution in [0.2, 0.25) is 0 Å². The summed E-state index contributed by atoms with van der Waals surface area (Å²) in [6, 6.07) is 71.7. The van der Waals surface area contributed by atoms with Crippen LogP contribution >= 0.6 is 45.3 Å². The number of benzene rings is 8. The molecule has 0 fully saturated rings. The Kier molecular flexibility index (Phi) is 19.4. The van der Waals surface area contributed by atoms with Crippen LogP contribution in [-0.4, -0.2) is 0 Å². The molecule has 16 rings (SSSR count). The summed E-state index contributed by atoms with van der Waals surface area (Å²) in [7, 11) is 7.62. The Morgan fingerprint density at radius 2 is 0.622 bits per heavy atom. The average molecular weight is 1370 g/mol. The number of fused-ring (bicyclic) bond motifs is 4. The Bertz CT molecular complexity index is 5580. The normalized spacial score (nSPS) is 11.2. The molecule has 0 aliphatic heterocycles. The second-order valence-corrected chi connectivity index (χ2v) is 29.3. The van der Waals surface area contributed by atoms with E-state index in [4.69, 9.17) is 0 Å². The molecule has 8 aromatic heterocycles. The lowest BCUT2D eigenvalue weighted by molar-refractivity contribution is -0.661. The van der Waals surface area contributed by atoms with E-state index in [-0.39, 0.29) is 23.3 Å². The fourth-order valence-corrected chi connectivity index (χ4v) is 16.9. The van der Waals surface area contributed by atoms with Gasteiger partial charge in [0.1, 0.15) is 28.2 Å². The van der Waals surface area contributed by atoms with Gasteiger partial charge < -0.3 is 0 Å². The van der Waals surface area contributed by atoms with E-state index in [9.17, 15) is 13.2 Å². The Balaban J connectivity index is 0.000000118. The van der Waals surface area contributed by atoms with Crippen LogP contribution in [0.1, 0.15) is 32.0 Å². The lowest BCUT2D eigenvalue weighted by Crippen LogP contribution is -2.32. The number of halogens is 4.